The van der Waals surface area contributed by atoms with Crippen LogP contribution in [0.15, 0.2) is 42.8 Å². The highest BCUT2D eigenvalue weighted by molar-refractivity contribution is 5.91. The third kappa shape index (κ3) is 6.64. The van der Waals surface area contributed by atoms with Gasteiger partial charge in [0.2, 0.25) is 0 Å². The van der Waals surface area contributed by atoms with Crippen molar-refractivity contribution in [1.82, 2.24) is 10.4 Å². The van der Waals surface area contributed by atoms with E-state index >= 15 is 0 Å². The molecule has 1 amide bonds. The Morgan fingerprint density at radius 3 is 2.63 bits per heavy atom. The van der Waals surface area contributed by atoms with E-state index in [9.17, 15) is 4.79 Å². The summed E-state index contributed by atoms with van der Waals surface area (Å²) in [6.45, 7) is 12.7. The summed E-state index contributed by atoms with van der Waals surface area (Å²) >= 11 is 0. The van der Waals surface area contributed by atoms with E-state index in [0.29, 0.717) is 12.6 Å². The molecular weight excluding hydrogens is 342 g/mol. The lowest BCUT2D eigenvalue weighted by molar-refractivity contribution is -0.124. The summed E-state index contributed by atoms with van der Waals surface area (Å²) in [5, 5.41) is 8.70. The minimum atomic E-state index is -0.550. The van der Waals surface area contributed by atoms with Gasteiger partial charge in [0, 0.05) is 24.9 Å². The maximum absolute atomic E-state index is 11.3. The molecule has 1 heterocycles. The number of nitrogens with zero attached hydrogens (tertiary/aromatic N) is 2. The number of carbonyl (C=O) groups excluding carboxylic acids is 1. The van der Waals surface area contributed by atoms with Crippen LogP contribution >= 0.6 is 0 Å². The summed E-state index contributed by atoms with van der Waals surface area (Å²) < 4.78 is 5.99. The van der Waals surface area contributed by atoms with Crippen LogP contribution in [-0.2, 0) is 9.53 Å². The van der Waals surface area contributed by atoms with Crippen molar-refractivity contribution < 1.29 is 14.7 Å². The van der Waals surface area contributed by atoms with Gasteiger partial charge in [-0.15, -0.1) is 0 Å². The normalized spacial score (nSPS) is 16.0. The summed E-state index contributed by atoms with van der Waals surface area (Å²) in [6, 6.07) is 7.93. The lowest BCUT2D eigenvalue weighted by Crippen LogP contribution is -2.42. The van der Waals surface area contributed by atoms with Gasteiger partial charge in [0.15, 0.2) is 5.88 Å². The standard InChI is InChI=1S/C21H31N3O3/c1-17(27-21(2,3)4)23-14-8-5-9-15-24(16-23)19-11-7-6-10-18(19)12-13-20(25)22-26/h6-7,10-13,26H,1,5,8-9,14-16H2,2-4H3,(H,22,25)/b13-12+. The fourth-order valence-electron chi connectivity index (χ4n) is 3.07. The molecule has 0 bridgehead atoms. The number of hydrogen-bond donors (Lipinski definition) is 2. The number of para-hydroxylation sites is 1. The number of nitrogens with one attached hydrogen (secondary N) is 1. The molecule has 1 saturated heterocycles. The first-order valence-electron chi connectivity index (χ1n) is 9.39. The SMILES string of the molecule is C=C(OC(C)(C)C)N1CCCCCN(c2ccccc2/C=C/C(=O)NO)C1. The van der Waals surface area contributed by atoms with Crippen molar-refractivity contribution >= 4 is 17.7 Å². The number of rotatable bonds is 5. The number of benzene rings is 1. The molecule has 0 radical (unpaired) electrons. The third-order valence-corrected chi connectivity index (χ3v) is 4.28. The number of anilines is 1. The van der Waals surface area contributed by atoms with Gasteiger partial charge in [-0.3, -0.25) is 10.0 Å². The van der Waals surface area contributed by atoms with Crippen LogP contribution < -0.4 is 10.4 Å². The fraction of sp³-hybridized carbons (Fsp3) is 0.476. The summed E-state index contributed by atoms with van der Waals surface area (Å²) in [4.78, 5) is 15.8. The smallest absolute Gasteiger partial charge is 0.267 e. The summed E-state index contributed by atoms with van der Waals surface area (Å²) in [7, 11) is 0. The first-order chi connectivity index (χ1) is 12.8. The molecule has 148 valence electrons. The van der Waals surface area contributed by atoms with Crippen molar-refractivity contribution in [2.45, 2.75) is 45.6 Å². The summed E-state index contributed by atoms with van der Waals surface area (Å²) in [5.74, 6) is 0.133. The van der Waals surface area contributed by atoms with Crippen LogP contribution in [0, 0.1) is 0 Å². The predicted octanol–water partition coefficient (Wildman–Crippen LogP) is 3.74. The Kier molecular flexibility index (Phi) is 7.30. The molecule has 1 aromatic rings. The van der Waals surface area contributed by atoms with Gasteiger partial charge in [-0.05, 0) is 64.3 Å². The summed E-state index contributed by atoms with van der Waals surface area (Å²) in [5.41, 5.74) is 3.29. The second-order valence-corrected chi connectivity index (χ2v) is 7.71. The molecule has 2 rings (SSSR count). The monoisotopic (exact) mass is 373 g/mol. The minimum Gasteiger partial charge on any atom is -0.474 e. The van der Waals surface area contributed by atoms with Crippen molar-refractivity contribution in [3.63, 3.8) is 0 Å². The molecule has 6 heteroatoms. The molecule has 0 aliphatic carbocycles. The number of ether oxygens (including phenoxy) is 1. The number of amides is 1. The number of carbonyl (C=O) groups is 1. The van der Waals surface area contributed by atoms with E-state index in [1.54, 1.807) is 11.6 Å². The zero-order valence-electron chi connectivity index (χ0n) is 16.6. The zero-order chi connectivity index (χ0) is 19.9. The van der Waals surface area contributed by atoms with Gasteiger partial charge in [0.25, 0.3) is 5.91 Å². The van der Waals surface area contributed by atoms with Crippen LogP contribution in [0.2, 0.25) is 0 Å². The van der Waals surface area contributed by atoms with Crippen LogP contribution in [0.3, 0.4) is 0 Å². The van der Waals surface area contributed by atoms with E-state index in [-0.39, 0.29) is 5.60 Å². The maximum Gasteiger partial charge on any atom is 0.267 e. The van der Waals surface area contributed by atoms with Crippen molar-refractivity contribution in [3.8, 4) is 0 Å². The van der Waals surface area contributed by atoms with E-state index in [2.05, 4.69) is 16.4 Å². The topological polar surface area (TPSA) is 65.0 Å². The predicted molar refractivity (Wildman–Crippen MR) is 108 cm³/mol. The molecule has 1 aliphatic heterocycles. The molecule has 1 aliphatic rings. The fourth-order valence-corrected chi connectivity index (χ4v) is 3.07. The lowest BCUT2D eigenvalue weighted by atomic mass is 10.1. The van der Waals surface area contributed by atoms with Gasteiger partial charge < -0.3 is 14.5 Å². The molecule has 27 heavy (non-hydrogen) atoms. The minimum absolute atomic E-state index is 0.289. The van der Waals surface area contributed by atoms with Crippen molar-refractivity contribution in [3.05, 3.63) is 48.4 Å². The van der Waals surface area contributed by atoms with Gasteiger partial charge in [-0.2, -0.15) is 0 Å². The Hall–Kier alpha value is -2.47. The van der Waals surface area contributed by atoms with Crippen molar-refractivity contribution in [2.75, 3.05) is 24.7 Å². The van der Waals surface area contributed by atoms with E-state index in [1.165, 1.54) is 6.08 Å². The molecule has 0 unspecified atom stereocenters. The highest BCUT2D eigenvalue weighted by Gasteiger charge is 2.21. The third-order valence-electron chi connectivity index (χ3n) is 4.28. The van der Waals surface area contributed by atoms with Crippen molar-refractivity contribution in [2.24, 2.45) is 0 Å². The van der Waals surface area contributed by atoms with Crippen LogP contribution in [0.5, 0.6) is 0 Å². The average Bonchev–Trinajstić information content (AvgIpc) is 2.58. The van der Waals surface area contributed by atoms with Crippen LogP contribution in [-0.4, -0.2) is 41.4 Å². The number of hydroxylamine groups is 1. The van der Waals surface area contributed by atoms with Gasteiger partial charge in [-0.25, -0.2) is 5.48 Å². The Bertz CT molecular complexity index is 679. The molecule has 6 nitrogen and oxygen atoms in total. The average molecular weight is 373 g/mol. The summed E-state index contributed by atoms with van der Waals surface area (Å²) in [6.07, 6.45) is 6.39. The molecule has 0 saturated carbocycles. The number of hydrogen-bond acceptors (Lipinski definition) is 5. The molecule has 2 N–H and O–H groups in total. The van der Waals surface area contributed by atoms with Crippen LogP contribution in [0.25, 0.3) is 6.08 Å². The second kappa shape index (κ2) is 9.46. The highest BCUT2D eigenvalue weighted by Crippen LogP contribution is 2.26. The molecule has 1 fully saturated rings. The Labute approximate surface area is 162 Å². The van der Waals surface area contributed by atoms with Crippen molar-refractivity contribution in [1.29, 1.82) is 0 Å². The lowest BCUT2D eigenvalue weighted by Gasteiger charge is -2.38. The van der Waals surface area contributed by atoms with Gasteiger partial charge in [0.1, 0.15) is 5.60 Å². The Balaban J connectivity index is 2.23. The van der Waals surface area contributed by atoms with Gasteiger partial charge >= 0.3 is 0 Å². The molecule has 0 atom stereocenters. The van der Waals surface area contributed by atoms with Gasteiger partial charge in [0.05, 0.1) is 6.67 Å². The van der Waals surface area contributed by atoms with E-state index in [1.807, 2.05) is 45.0 Å². The zero-order valence-corrected chi connectivity index (χ0v) is 16.6. The first-order valence-corrected chi connectivity index (χ1v) is 9.39. The first kappa shape index (κ1) is 20.8. The van der Waals surface area contributed by atoms with Crippen LogP contribution in [0.1, 0.15) is 45.6 Å². The molecule has 1 aromatic carbocycles. The van der Waals surface area contributed by atoms with Crippen LogP contribution in [0.4, 0.5) is 5.69 Å². The largest absolute Gasteiger partial charge is 0.474 e. The molecular formula is C21H31N3O3. The Morgan fingerprint density at radius 2 is 1.93 bits per heavy atom. The van der Waals surface area contributed by atoms with E-state index in [0.717, 1.165) is 43.6 Å². The van der Waals surface area contributed by atoms with Gasteiger partial charge in [-0.1, -0.05) is 18.2 Å². The Morgan fingerprint density at radius 1 is 1.22 bits per heavy atom. The van der Waals surface area contributed by atoms with E-state index in [4.69, 9.17) is 9.94 Å². The second-order valence-electron chi connectivity index (χ2n) is 7.71. The highest BCUT2D eigenvalue weighted by atomic mass is 16.5. The molecule has 0 spiro atoms. The molecule has 0 aromatic heterocycles. The quantitative estimate of drug-likeness (QED) is 0.356. The van der Waals surface area contributed by atoms with E-state index < -0.39 is 5.91 Å². The maximum atomic E-state index is 11.3.